The number of nitrogens with zero attached hydrogens (tertiary/aromatic N) is 5. The molecule has 5 rings (SSSR count). The molecular formula is C28H27N5O7. The first-order valence-electron chi connectivity index (χ1n) is 12.9. The number of hydrogen-bond acceptors (Lipinski definition) is 8. The van der Waals surface area contributed by atoms with E-state index in [1.165, 1.54) is 35.6 Å². The zero-order valence-corrected chi connectivity index (χ0v) is 22.2. The van der Waals surface area contributed by atoms with Crippen molar-refractivity contribution in [2.45, 2.75) is 46.3 Å². The van der Waals surface area contributed by atoms with Gasteiger partial charge in [-0.2, -0.15) is 4.99 Å². The molecule has 1 unspecified atom stereocenters. The predicted molar refractivity (Wildman–Crippen MR) is 144 cm³/mol. The van der Waals surface area contributed by atoms with Gasteiger partial charge in [-0.05, 0) is 57.4 Å². The highest BCUT2D eigenvalue weighted by atomic mass is 16.6. The van der Waals surface area contributed by atoms with E-state index >= 15 is 0 Å². The number of ether oxygens (including phenoxy) is 2. The van der Waals surface area contributed by atoms with Crippen molar-refractivity contribution in [3.63, 3.8) is 0 Å². The fourth-order valence-corrected chi connectivity index (χ4v) is 4.94. The molecule has 1 aliphatic heterocycles. The summed E-state index contributed by atoms with van der Waals surface area (Å²) in [6.45, 7) is 5.69. The molecule has 40 heavy (non-hydrogen) atoms. The maximum absolute atomic E-state index is 13.6. The van der Waals surface area contributed by atoms with E-state index in [-0.39, 0.29) is 58.2 Å². The number of amides is 1. The molecule has 1 fully saturated rings. The quantitative estimate of drug-likeness (QED) is 0.155. The van der Waals surface area contributed by atoms with Crippen LogP contribution in [0.1, 0.15) is 51.6 Å². The number of aromatic nitrogens is 3. The van der Waals surface area contributed by atoms with E-state index < -0.39 is 22.4 Å². The number of pyridine rings is 2. The minimum Gasteiger partial charge on any atom is -0.462 e. The maximum atomic E-state index is 13.6. The Hall–Kier alpha value is -4.71. The summed E-state index contributed by atoms with van der Waals surface area (Å²) in [7, 11) is 0. The van der Waals surface area contributed by atoms with Crippen molar-refractivity contribution in [3.05, 3.63) is 90.8 Å². The largest absolute Gasteiger partial charge is 0.462 e. The van der Waals surface area contributed by atoms with Crippen LogP contribution in [-0.2, 0) is 16.0 Å². The Morgan fingerprint density at radius 3 is 2.70 bits per heavy atom. The average molecular weight is 546 g/mol. The van der Waals surface area contributed by atoms with E-state index in [9.17, 15) is 24.5 Å². The molecule has 4 aromatic rings. The fourth-order valence-electron chi connectivity index (χ4n) is 4.94. The molecule has 1 amide bonds. The van der Waals surface area contributed by atoms with Crippen molar-refractivity contribution in [2.75, 3.05) is 13.2 Å². The third-order valence-electron chi connectivity index (χ3n) is 6.95. The van der Waals surface area contributed by atoms with E-state index in [2.05, 4.69) is 4.99 Å². The summed E-state index contributed by atoms with van der Waals surface area (Å²) in [4.78, 5) is 60.4. The number of carbonyl (C=O) groups excluding carboxylic acids is 2. The van der Waals surface area contributed by atoms with Crippen molar-refractivity contribution in [1.82, 2.24) is 14.0 Å². The Morgan fingerprint density at radius 2 is 2.00 bits per heavy atom. The number of aryl methyl sites for hydroxylation is 1. The first-order chi connectivity index (χ1) is 19.2. The molecule has 1 aliphatic rings. The second-order valence-electron chi connectivity index (χ2n) is 9.51. The lowest BCUT2D eigenvalue weighted by atomic mass is 10.1. The number of nitro groups is 1. The summed E-state index contributed by atoms with van der Waals surface area (Å²) in [5.74, 6) is -1.57. The number of fused-ring (bicyclic) bond motifs is 2. The number of benzene rings is 1. The highest BCUT2D eigenvalue weighted by molar-refractivity contribution is 5.98. The van der Waals surface area contributed by atoms with Gasteiger partial charge in [-0.3, -0.25) is 24.1 Å². The average Bonchev–Trinajstić information content (AvgIpc) is 3.44. The molecule has 0 aliphatic carbocycles. The monoisotopic (exact) mass is 545 g/mol. The molecule has 206 valence electrons. The number of rotatable bonds is 6. The van der Waals surface area contributed by atoms with Gasteiger partial charge in [-0.1, -0.05) is 12.1 Å². The second-order valence-corrected chi connectivity index (χ2v) is 9.51. The lowest BCUT2D eigenvalue weighted by Gasteiger charge is -2.18. The number of esters is 1. The van der Waals surface area contributed by atoms with Gasteiger partial charge in [0.25, 0.3) is 17.2 Å². The molecular weight excluding hydrogens is 518 g/mol. The highest BCUT2D eigenvalue weighted by Gasteiger charge is 2.25. The van der Waals surface area contributed by atoms with Crippen LogP contribution >= 0.6 is 0 Å². The lowest BCUT2D eigenvalue weighted by Crippen LogP contribution is -2.35. The molecule has 0 radical (unpaired) electrons. The van der Waals surface area contributed by atoms with E-state index in [0.29, 0.717) is 12.3 Å². The molecule has 1 aromatic carbocycles. The topological polar surface area (TPSA) is 147 Å². The third-order valence-corrected chi connectivity index (χ3v) is 6.95. The Kier molecular flexibility index (Phi) is 7.26. The minimum atomic E-state index is -0.791. The smallest absolute Gasteiger partial charge is 0.341 e. The number of hydrogen-bond donors (Lipinski definition) is 0. The van der Waals surface area contributed by atoms with E-state index in [4.69, 9.17) is 14.5 Å². The van der Waals surface area contributed by atoms with Crippen LogP contribution in [-0.4, -0.2) is 50.1 Å². The molecule has 1 saturated heterocycles. The molecule has 0 N–H and O–H groups in total. The van der Waals surface area contributed by atoms with E-state index in [1.807, 2.05) is 13.0 Å². The van der Waals surface area contributed by atoms with E-state index in [0.717, 1.165) is 18.4 Å². The van der Waals surface area contributed by atoms with Crippen molar-refractivity contribution in [2.24, 2.45) is 4.99 Å². The summed E-state index contributed by atoms with van der Waals surface area (Å²) < 4.78 is 14.1. The van der Waals surface area contributed by atoms with Crippen LogP contribution in [0.15, 0.2) is 52.4 Å². The van der Waals surface area contributed by atoms with Crippen LogP contribution in [0.5, 0.6) is 0 Å². The number of nitro benzene ring substituents is 1. The van der Waals surface area contributed by atoms with Crippen LogP contribution < -0.4 is 11.0 Å². The van der Waals surface area contributed by atoms with E-state index in [1.54, 1.807) is 23.8 Å². The Morgan fingerprint density at radius 1 is 1.20 bits per heavy atom. The molecule has 0 saturated carbocycles. The van der Waals surface area contributed by atoms with Gasteiger partial charge in [0.15, 0.2) is 5.49 Å². The van der Waals surface area contributed by atoms with Crippen molar-refractivity contribution < 1.29 is 24.0 Å². The van der Waals surface area contributed by atoms with Crippen molar-refractivity contribution >= 4 is 34.2 Å². The predicted octanol–water partition coefficient (Wildman–Crippen LogP) is 3.27. The summed E-state index contributed by atoms with van der Waals surface area (Å²) in [6.07, 6.45) is 2.88. The molecule has 3 aromatic heterocycles. The van der Waals surface area contributed by atoms with Gasteiger partial charge in [0.1, 0.15) is 16.9 Å². The van der Waals surface area contributed by atoms with Gasteiger partial charge in [0, 0.05) is 24.4 Å². The zero-order valence-electron chi connectivity index (χ0n) is 22.2. The standard InChI is InChI=1S/C28H27N5O7/c1-4-39-28(36)21-14-20-24(29-23-16(2)8-6-12-31(23)27(20)35)32(15-18-9-7-13-40-18)25(21)30-26(34)19-10-5-11-22(17(19)3)33(37)38/h5-6,8,10-12,14,18H,4,7,9,13,15H2,1-3H3. The van der Waals surface area contributed by atoms with Crippen LogP contribution in [0.2, 0.25) is 0 Å². The molecule has 0 bridgehead atoms. The lowest BCUT2D eigenvalue weighted by molar-refractivity contribution is -0.385. The van der Waals surface area contributed by atoms with Crippen LogP contribution in [0.3, 0.4) is 0 Å². The van der Waals surface area contributed by atoms with Crippen LogP contribution in [0, 0.1) is 24.0 Å². The van der Waals surface area contributed by atoms with Gasteiger partial charge in [-0.15, -0.1) is 0 Å². The Bertz CT molecular complexity index is 1820. The normalized spacial score (nSPS) is 15.6. The SMILES string of the molecule is CCOC(=O)c1cc2c(=O)n3cccc(C)c3nc2n(CC2CCCO2)c1=NC(=O)c1cccc([N+](=O)[O-])c1C. The van der Waals surface area contributed by atoms with Gasteiger partial charge in [-0.25, -0.2) is 9.78 Å². The summed E-state index contributed by atoms with van der Waals surface area (Å²) in [5.41, 5.74) is 0.746. The van der Waals surface area contributed by atoms with Gasteiger partial charge in [0.05, 0.1) is 35.1 Å². The van der Waals surface area contributed by atoms with Gasteiger partial charge in [0.2, 0.25) is 0 Å². The first-order valence-corrected chi connectivity index (χ1v) is 12.9. The molecule has 12 heteroatoms. The van der Waals surface area contributed by atoms with Gasteiger partial charge < -0.3 is 14.0 Å². The van der Waals surface area contributed by atoms with Crippen LogP contribution in [0.25, 0.3) is 16.7 Å². The molecule has 12 nitrogen and oxygen atoms in total. The molecule has 4 heterocycles. The molecule has 0 spiro atoms. The van der Waals surface area contributed by atoms with Crippen molar-refractivity contribution in [1.29, 1.82) is 0 Å². The zero-order chi connectivity index (χ0) is 28.6. The maximum Gasteiger partial charge on any atom is 0.341 e. The summed E-state index contributed by atoms with van der Waals surface area (Å²) in [5, 5.41) is 11.6. The third kappa shape index (κ3) is 4.77. The number of carbonyl (C=O) groups is 2. The second kappa shape index (κ2) is 10.8. The summed E-state index contributed by atoms with van der Waals surface area (Å²) in [6, 6.07) is 9.03. The van der Waals surface area contributed by atoms with Crippen molar-refractivity contribution in [3.8, 4) is 0 Å². The summed E-state index contributed by atoms with van der Waals surface area (Å²) >= 11 is 0. The minimum absolute atomic E-state index is 0.00940. The fraction of sp³-hybridized carbons (Fsp3) is 0.321. The van der Waals surface area contributed by atoms with Gasteiger partial charge >= 0.3 is 5.97 Å². The molecule has 1 atom stereocenters. The highest BCUT2D eigenvalue weighted by Crippen LogP contribution is 2.22. The first kappa shape index (κ1) is 26.9. The Labute approximate surface area is 227 Å². The Balaban J connectivity index is 1.88. The van der Waals surface area contributed by atoms with Crippen LogP contribution in [0.4, 0.5) is 5.69 Å².